The van der Waals surface area contributed by atoms with E-state index < -0.39 is 0 Å². The Morgan fingerprint density at radius 3 is 1.86 bits per heavy atom. The van der Waals surface area contributed by atoms with Crippen LogP contribution in [0.3, 0.4) is 0 Å². The predicted octanol–water partition coefficient (Wildman–Crippen LogP) is 11.4. The first-order chi connectivity index (χ1) is 20.6. The molecule has 0 aromatic heterocycles. The van der Waals surface area contributed by atoms with Gasteiger partial charge in [-0.3, -0.25) is 0 Å². The van der Waals surface area contributed by atoms with E-state index in [1.54, 1.807) is 0 Å². The van der Waals surface area contributed by atoms with Crippen molar-refractivity contribution in [1.29, 1.82) is 0 Å². The number of rotatable bonds is 2. The second kappa shape index (κ2) is 8.44. The van der Waals surface area contributed by atoms with E-state index in [1.807, 2.05) is 0 Å². The zero-order chi connectivity index (χ0) is 28.0. The summed E-state index contributed by atoms with van der Waals surface area (Å²) in [5.41, 5.74) is 12.8. The average Bonchev–Trinajstić information content (AvgIpc) is 3.26. The van der Waals surface area contributed by atoms with Crippen LogP contribution in [0.4, 0.5) is 0 Å². The summed E-state index contributed by atoms with van der Waals surface area (Å²) in [5, 5.41) is 4.92. The smallest absolute Gasteiger partial charge is 0.135 e. The molecule has 42 heavy (non-hydrogen) atoms. The highest BCUT2D eigenvalue weighted by molar-refractivity contribution is 6.08. The molecule has 0 bridgehead atoms. The van der Waals surface area contributed by atoms with Crippen molar-refractivity contribution in [3.63, 3.8) is 0 Å². The van der Waals surface area contributed by atoms with Gasteiger partial charge in [-0.2, -0.15) is 0 Å². The molecule has 1 nitrogen and oxygen atoms in total. The van der Waals surface area contributed by atoms with Gasteiger partial charge in [0.25, 0.3) is 0 Å². The summed E-state index contributed by atoms with van der Waals surface area (Å²) in [6.07, 6.45) is 0. The fraction of sp³-hybridized carbons (Fsp3) is 0.0732. The number of ether oxygens (including phenoxy) is 1. The minimum atomic E-state index is -0.0235. The topological polar surface area (TPSA) is 9.23 Å². The first kappa shape index (κ1) is 23.6. The Bertz CT molecular complexity index is 2250. The van der Waals surface area contributed by atoms with Gasteiger partial charge in [0.05, 0.1) is 0 Å². The van der Waals surface area contributed by atoms with Crippen LogP contribution in [0.5, 0.6) is 11.5 Å². The van der Waals surface area contributed by atoms with Crippen LogP contribution in [-0.4, -0.2) is 0 Å². The lowest BCUT2D eigenvalue weighted by Crippen LogP contribution is -2.14. The Kier molecular flexibility index (Phi) is 4.73. The van der Waals surface area contributed by atoms with Crippen molar-refractivity contribution in [3.8, 4) is 56.0 Å². The summed E-state index contributed by atoms with van der Waals surface area (Å²) in [7, 11) is 0. The number of fused-ring (bicyclic) bond motifs is 6. The summed E-state index contributed by atoms with van der Waals surface area (Å²) in [5.74, 6) is 1.84. The molecule has 0 N–H and O–H groups in total. The molecule has 0 atom stereocenters. The van der Waals surface area contributed by atoms with Crippen LogP contribution in [0.2, 0.25) is 0 Å². The van der Waals surface area contributed by atoms with E-state index in [1.165, 1.54) is 71.6 Å². The molecule has 2 aliphatic rings. The lowest BCUT2D eigenvalue weighted by atomic mass is 9.81. The maximum atomic E-state index is 6.38. The van der Waals surface area contributed by atoms with E-state index in [0.717, 1.165) is 17.1 Å². The van der Waals surface area contributed by atoms with Gasteiger partial charge in [0.15, 0.2) is 0 Å². The molecule has 0 amide bonds. The third-order valence-corrected chi connectivity index (χ3v) is 9.49. The van der Waals surface area contributed by atoms with E-state index in [0.29, 0.717) is 0 Å². The maximum absolute atomic E-state index is 6.38. The van der Waals surface area contributed by atoms with Gasteiger partial charge in [-0.15, -0.1) is 0 Å². The van der Waals surface area contributed by atoms with Gasteiger partial charge in [0.2, 0.25) is 0 Å². The van der Waals surface area contributed by atoms with Crippen molar-refractivity contribution < 1.29 is 4.74 Å². The molecule has 0 saturated heterocycles. The van der Waals surface area contributed by atoms with Gasteiger partial charge < -0.3 is 4.74 Å². The Balaban J connectivity index is 1.20. The van der Waals surface area contributed by atoms with Crippen LogP contribution >= 0.6 is 0 Å². The largest absolute Gasteiger partial charge is 0.456 e. The summed E-state index contributed by atoms with van der Waals surface area (Å²) in [6.45, 7) is 4.70. The highest BCUT2D eigenvalue weighted by atomic mass is 16.5. The second-order valence-electron chi connectivity index (χ2n) is 12.1. The van der Waals surface area contributed by atoms with Crippen molar-refractivity contribution >= 4 is 21.5 Å². The quantitative estimate of drug-likeness (QED) is 0.213. The van der Waals surface area contributed by atoms with Gasteiger partial charge in [0, 0.05) is 16.4 Å². The fourth-order valence-electron chi connectivity index (χ4n) is 7.41. The Hall–Kier alpha value is -5.14. The normalized spacial score (nSPS) is 13.9. The standard InChI is InChI=1S/C41H28O/c1-41(2)36-15-6-5-13-32(36)33-19-17-27(24-37(33)41)29-21-20-28(30-11-3-4-12-31(29)30)26-18-22-38-35(23-26)34-14-7-9-25-10-8-16-39(42-38)40(25)34/h3-24H,1-2H3. The van der Waals surface area contributed by atoms with Crippen molar-refractivity contribution in [2.45, 2.75) is 19.3 Å². The molecule has 0 saturated carbocycles. The van der Waals surface area contributed by atoms with E-state index in [-0.39, 0.29) is 5.41 Å². The molecule has 0 radical (unpaired) electrons. The van der Waals surface area contributed by atoms with Gasteiger partial charge in [-0.1, -0.05) is 123 Å². The van der Waals surface area contributed by atoms with Crippen LogP contribution < -0.4 is 4.74 Å². The minimum Gasteiger partial charge on any atom is -0.456 e. The monoisotopic (exact) mass is 536 g/mol. The number of benzene rings is 7. The molecule has 1 heteroatoms. The molecule has 1 aliphatic heterocycles. The zero-order valence-corrected chi connectivity index (χ0v) is 23.6. The predicted molar refractivity (Wildman–Crippen MR) is 175 cm³/mol. The molecule has 7 aromatic carbocycles. The average molecular weight is 537 g/mol. The van der Waals surface area contributed by atoms with E-state index in [2.05, 4.69) is 147 Å². The summed E-state index contributed by atoms with van der Waals surface area (Å²) in [4.78, 5) is 0. The Morgan fingerprint density at radius 2 is 1.05 bits per heavy atom. The molecule has 9 rings (SSSR count). The van der Waals surface area contributed by atoms with Crippen molar-refractivity contribution in [2.75, 3.05) is 0 Å². The molecular weight excluding hydrogens is 508 g/mol. The number of hydrogen-bond acceptors (Lipinski definition) is 1. The summed E-state index contributed by atoms with van der Waals surface area (Å²) in [6, 6.07) is 48.7. The van der Waals surface area contributed by atoms with E-state index in [9.17, 15) is 0 Å². The van der Waals surface area contributed by atoms with Crippen LogP contribution in [-0.2, 0) is 5.41 Å². The minimum absolute atomic E-state index is 0.0235. The molecule has 0 fully saturated rings. The third kappa shape index (κ3) is 3.19. The van der Waals surface area contributed by atoms with E-state index in [4.69, 9.17) is 4.74 Å². The molecular formula is C41H28O. The lowest BCUT2D eigenvalue weighted by molar-refractivity contribution is 0.487. The van der Waals surface area contributed by atoms with E-state index >= 15 is 0 Å². The zero-order valence-electron chi connectivity index (χ0n) is 23.6. The molecule has 1 heterocycles. The molecule has 0 unspecified atom stereocenters. The molecule has 198 valence electrons. The maximum Gasteiger partial charge on any atom is 0.135 e. The van der Waals surface area contributed by atoms with Crippen molar-refractivity contribution in [2.24, 2.45) is 0 Å². The van der Waals surface area contributed by atoms with Gasteiger partial charge in [0.1, 0.15) is 11.5 Å². The van der Waals surface area contributed by atoms with Crippen molar-refractivity contribution in [3.05, 3.63) is 145 Å². The van der Waals surface area contributed by atoms with Gasteiger partial charge in [-0.05, 0) is 90.5 Å². The van der Waals surface area contributed by atoms with Crippen molar-refractivity contribution in [1.82, 2.24) is 0 Å². The highest BCUT2D eigenvalue weighted by Crippen LogP contribution is 2.51. The lowest BCUT2D eigenvalue weighted by Gasteiger charge is -2.23. The van der Waals surface area contributed by atoms with Crippen LogP contribution in [0.1, 0.15) is 25.0 Å². The van der Waals surface area contributed by atoms with Crippen LogP contribution in [0.25, 0.3) is 66.1 Å². The fourth-order valence-corrected chi connectivity index (χ4v) is 7.41. The van der Waals surface area contributed by atoms with Gasteiger partial charge in [-0.25, -0.2) is 0 Å². The number of hydrogen-bond donors (Lipinski definition) is 0. The Labute approximate surface area is 245 Å². The molecule has 1 aliphatic carbocycles. The first-order valence-corrected chi connectivity index (χ1v) is 14.7. The summed E-state index contributed by atoms with van der Waals surface area (Å²) >= 11 is 0. The first-order valence-electron chi connectivity index (χ1n) is 14.7. The summed E-state index contributed by atoms with van der Waals surface area (Å²) < 4.78 is 6.38. The highest BCUT2D eigenvalue weighted by Gasteiger charge is 2.35. The molecule has 7 aromatic rings. The Morgan fingerprint density at radius 1 is 0.429 bits per heavy atom. The van der Waals surface area contributed by atoms with Crippen LogP contribution in [0, 0.1) is 0 Å². The van der Waals surface area contributed by atoms with Crippen LogP contribution in [0.15, 0.2) is 133 Å². The SMILES string of the molecule is CC1(C)c2ccccc2-c2ccc(-c3ccc(-c4ccc5c(c4)-c4cccc6cccc(c46)O5)c4ccccc34)cc21. The second-order valence-corrected chi connectivity index (χ2v) is 12.1. The van der Waals surface area contributed by atoms with Gasteiger partial charge >= 0.3 is 0 Å². The third-order valence-electron chi connectivity index (χ3n) is 9.49. The molecule has 0 spiro atoms.